The van der Waals surface area contributed by atoms with Gasteiger partial charge in [0.1, 0.15) is 0 Å². The van der Waals surface area contributed by atoms with E-state index in [1.807, 2.05) is 18.2 Å². The zero-order valence-electron chi connectivity index (χ0n) is 15.9. The van der Waals surface area contributed by atoms with E-state index in [1.54, 1.807) is 19.2 Å². The Labute approximate surface area is 162 Å². The van der Waals surface area contributed by atoms with E-state index in [-0.39, 0.29) is 0 Å². The highest BCUT2D eigenvalue weighted by Gasteiger charge is 2.19. The topological polar surface area (TPSA) is 43.4 Å². The van der Waals surface area contributed by atoms with Crippen LogP contribution in [0.25, 0.3) is 5.57 Å². The van der Waals surface area contributed by atoms with Crippen molar-refractivity contribution >= 4 is 27.0 Å². The van der Waals surface area contributed by atoms with Crippen LogP contribution in [0.4, 0.5) is 0 Å². The first-order valence-electron chi connectivity index (χ1n) is 8.82. The van der Waals surface area contributed by atoms with E-state index in [4.69, 9.17) is 16.3 Å². The Bertz CT molecular complexity index is 829. The van der Waals surface area contributed by atoms with Crippen LogP contribution < -0.4 is 0 Å². The molecule has 0 aromatic heterocycles. The van der Waals surface area contributed by atoms with Crippen molar-refractivity contribution in [3.05, 3.63) is 58.2 Å². The van der Waals surface area contributed by atoms with E-state index < -0.39 is 9.84 Å². The monoisotopic (exact) mass is 394 g/mol. The molecule has 3 nitrogen and oxygen atoms in total. The summed E-state index contributed by atoms with van der Waals surface area (Å²) in [5.41, 5.74) is 4.78. The van der Waals surface area contributed by atoms with Crippen molar-refractivity contribution in [2.45, 2.75) is 38.0 Å². The van der Waals surface area contributed by atoms with Gasteiger partial charge in [-0.1, -0.05) is 43.7 Å². The van der Waals surface area contributed by atoms with Gasteiger partial charge >= 0.3 is 0 Å². The number of hydrogen-bond donors (Lipinski definition) is 0. The number of sulfone groups is 1. The first kappa shape index (κ1) is 20.9. The van der Waals surface area contributed by atoms with Crippen LogP contribution in [0.3, 0.4) is 0 Å². The van der Waals surface area contributed by atoms with Crippen molar-refractivity contribution in [1.82, 2.24) is 0 Å². The Hall–Kier alpha value is -1.36. The molecule has 26 heavy (non-hydrogen) atoms. The van der Waals surface area contributed by atoms with Crippen LogP contribution in [0.1, 0.15) is 38.7 Å². The van der Waals surface area contributed by atoms with Crippen LogP contribution in [-0.2, 0) is 14.6 Å². The van der Waals surface area contributed by atoms with Crippen molar-refractivity contribution in [3.63, 3.8) is 0 Å². The fourth-order valence-electron chi connectivity index (χ4n) is 3.23. The molecule has 1 aromatic carbocycles. The van der Waals surface area contributed by atoms with Crippen LogP contribution in [0, 0.1) is 5.92 Å². The lowest BCUT2D eigenvalue weighted by molar-refractivity contribution is 0.231. The minimum Gasteiger partial charge on any atom is -0.379 e. The molecule has 5 heteroatoms. The Morgan fingerprint density at radius 3 is 2.42 bits per heavy atom. The Morgan fingerprint density at radius 1 is 1.23 bits per heavy atom. The van der Waals surface area contributed by atoms with E-state index in [9.17, 15) is 8.42 Å². The van der Waals surface area contributed by atoms with Gasteiger partial charge < -0.3 is 4.74 Å². The highest BCUT2D eigenvalue weighted by molar-refractivity contribution is 7.90. The van der Waals surface area contributed by atoms with Crippen molar-refractivity contribution < 1.29 is 13.2 Å². The quantitative estimate of drug-likeness (QED) is 0.583. The Kier molecular flexibility index (Phi) is 7.27. The fourth-order valence-corrected chi connectivity index (χ4v) is 4.08. The largest absolute Gasteiger partial charge is 0.379 e. The molecule has 0 radical (unpaired) electrons. The molecule has 0 aliphatic heterocycles. The van der Waals surface area contributed by atoms with Gasteiger partial charge in [-0.05, 0) is 65.7 Å². The summed E-state index contributed by atoms with van der Waals surface area (Å²) in [5.74, 6) is 0.398. The first-order valence-corrected chi connectivity index (χ1v) is 11.1. The third-order valence-corrected chi connectivity index (χ3v) is 5.65. The third kappa shape index (κ3) is 5.57. The SMILES string of the molecule is COC/C(Cl)=C\C(=C/C(C)C)C1=C(c2ccc(S(C)(=O)=O)cc2)CCC1. The molecule has 1 aliphatic carbocycles. The lowest BCUT2D eigenvalue weighted by atomic mass is 9.94. The number of ether oxygens (including phenoxy) is 1. The van der Waals surface area contributed by atoms with E-state index in [0.717, 1.165) is 30.4 Å². The normalized spacial score (nSPS) is 16.7. The van der Waals surface area contributed by atoms with Crippen LogP contribution in [0.15, 0.2) is 57.5 Å². The van der Waals surface area contributed by atoms with Gasteiger partial charge in [-0.2, -0.15) is 0 Å². The number of allylic oxidation sites excluding steroid dienone is 5. The average molecular weight is 395 g/mol. The van der Waals surface area contributed by atoms with Crippen molar-refractivity contribution in [2.75, 3.05) is 20.0 Å². The third-order valence-electron chi connectivity index (χ3n) is 4.30. The van der Waals surface area contributed by atoms with Gasteiger partial charge in [0.05, 0.1) is 11.5 Å². The molecule has 142 valence electrons. The molecule has 0 heterocycles. The lowest BCUT2D eigenvalue weighted by Gasteiger charge is -2.12. The van der Waals surface area contributed by atoms with Gasteiger partial charge in [0.15, 0.2) is 9.84 Å². The maximum Gasteiger partial charge on any atom is 0.175 e. The predicted octanol–water partition coefficient (Wildman–Crippen LogP) is 5.38. The number of benzene rings is 1. The van der Waals surface area contributed by atoms with Gasteiger partial charge in [-0.3, -0.25) is 0 Å². The smallest absolute Gasteiger partial charge is 0.175 e. The maximum atomic E-state index is 11.7. The lowest BCUT2D eigenvalue weighted by Crippen LogP contribution is -1.97. The molecule has 0 saturated carbocycles. The van der Waals surface area contributed by atoms with Gasteiger partial charge in [-0.15, -0.1) is 0 Å². The molecular weight excluding hydrogens is 368 g/mol. The molecule has 0 fully saturated rings. The number of rotatable bonds is 7. The van der Waals surface area contributed by atoms with E-state index >= 15 is 0 Å². The molecule has 0 unspecified atom stereocenters. The van der Waals surface area contributed by atoms with Crippen LogP contribution >= 0.6 is 11.6 Å². The van der Waals surface area contributed by atoms with Gasteiger partial charge in [0, 0.05) is 18.4 Å². The molecule has 1 aliphatic rings. The Balaban J connectivity index is 2.48. The predicted molar refractivity (Wildman–Crippen MR) is 109 cm³/mol. The summed E-state index contributed by atoms with van der Waals surface area (Å²) < 4.78 is 28.5. The summed E-state index contributed by atoms with van der Waals surface area (Å²) in [6.45, 7) is 4.69. The van der Waals surface area contributed by atoms with Gasteiger partial charge in [-0.25, -0.2) is 8.42 Å². The molecule has 0 N–H and O–H groups in total. The van der Waals surface area contributed by atoms with E-state index in [2.05, 4.69) is 19.9 Å². The second-order valence-corrected chi connectivity index (χ2v) is 9.50. The maximum absolute atomic E-state index is 11.7. The number of halogens is 1. The molecule has 0 atom stereocenters. The summed E-state index contributed by atoms with van der Waals surface area (Å²) in [4.78, 5) is 0.349. The van der Waals surface area contributed by atoms with Crippen molar-refractivity contribution in [3.8, 4) is 0 Å². The summed E-state index contributed by atoms with van der Waals surface area (Å²) in [7, 11) is -1.55. The average Bonchev–Trinajstić information content (AvgIpc) is 3.03. The van der Waals surface area contributed by atoms with Crippen LogP contribution in [0.2, 0.25) is 0 Å². The highest BCUT2D eigenvalue weighted by Crippen LogP contribution is 2.39. The molecule has 1 aromatic rings. The van der Waals surface area contributed by atoms with Crippen LogP contribution in [-0.4, -0.2) is 28.4 Å². The van der Waals surface area contributed by atoms with Gasteiger partial charge in [0.25, 0.3) is 0 Å². The molecule has 0 bridgehead atoms. The van der Waals surface area contributed by atoms with Crippen LogP contribution in [0.5, 0.6) is 0 Å². The van der Waals surface area contributed by atoms with E-state index in [1.165, 1.54) is 17.4 Å². The van der Waals surface area contributed by atoms with E-state index in [0.29, 0.717) is 22.5 Å². The van der Waals surface area contributed by atoms with Crippen molar-refractivity contribution in [2.24, 2.45) is 5.92 Å². The zero-order chi connectivity index (χ0) is 19.3. The zero-order valence-corrected chi connectivity index (χ0v) is 17.5. The minimum absolute atomic E-state index is 0.349. The fraction of sp³-hybridized carbons (Fsp3) is 0.429. The number of hydrogen-bond acceptors (Lipinski definition) is 3. The second-order valence-electron chi connectivity index (χ2n) is 7.00. The molecule has 0 saturated heterocycles. The summed E-state index contributed by atoms with van der Waals surface area (Å²) in [6.07, 6.45) is 8.52. The summed E-state index contributed by atoms with van der Waals surface area (Å²) in [6, 6.07) is 7.19. The van der Waals surface area contributed by atoms with Crippen molar-refractivity contribution in [1.29, 1.82) is 0 Å². The molecule has 0 amide bonds. The Morgan fingerprint density at radius 2 is 1.88 bits per heavy atom. The highest BCUT2D eigenvalue weighted by atomic mass is 35.5. The first-order chi connectivity index (χ1) is 12.2. The van der Waals surface area contributed by atoms with Gasteiger partial charge in [0.2, 0.25) is 0 Å². The number of methoxy groups -OCH3 is 1. The molecule has 2 rings (SSSR count). The minimum atomic E-state index is -3.18. The standard InChI is InChI=1S/C21H27ClO3S/c1-15(2)12-17(13-18(22)14-25-3)21-7-5-6-20(21)16-8-10-19(11-9-16)26(4,23)24/h8-13,15H,5-7,14H2,1-4H3/b17-12+,18-13+. The molecule has 0 spiro atoms. The summed E-state index contributed by atoms with van der Waals surface area (Å²) >= 11 is 6.31. The second kappa shape index (κ2) is 9.03. The summed E-state index contributed by atoms with van der Waals surface area (Å²) in [5, 5.41) is 0.672. The molecular formula is C21H27ClO3S.